The van der Waals surface area contributed by atoms with Crippen molar-refractivity contribution in [1.82, 2.24) is 15.1 Å². The molecule has 2 aliphatic rings. The number of benzene rings is 3. The Labute approximate surface area is 207 Å². The van der Waals surface area contributed by atoms with Crippen LogP contribution in [0.3, 0.4) is 0 Å². The van der Waals surface area contributed by atoms with Gasteiger partial charge in [0.2, 0.25) is 5.91 Å². The largest absolute Gasteiger partial charge is 0.352 e. The maximum atomic E-state index is 14.0. The molecule has 0 radical (unpaired) electrons. The Morgan fingerprint density at radius 1 is 0.857 bits per heavy atom. The number of carbonyl (C=O) groups excluding carboxylic acids is 1. The van der Waals surface area contributed by atoms with Crippen LogP contribution in [0.4, 0.5) is 4.39 Å². The number of hydrogen-bond donors (Lipinski definition) is 1. The van der Waals surface area contributed by atoms with Gasteiger partial charge in [-0.25, -0.2) is 4.39 Å². The number of piperidine rings is 1. The van der Waals surface area contributed by atoms with Crippen molar-refractivity contribution < 1.29 is 9.18 Å². The number of fused-ring (bicyclic) bond motifs is 1. The van der Waals surface area contributed by atoms with Gasteiger partial charge in [0.15, 0.2) is 0 Å². The van der Waals surface area contributed by atoms with E-state index in [2.05, 4.69) is 63.6 Å². The number of nitrogens with zero attached hydrogens (tertiary/aromatic N) is 2. The first-order valence-corrected chi connectivity index (χ1v) is 12.7. The summed E-state index contributed by atoms with van der Waals surface area (Å²) in [5.74, 6) is -0.122. The van der Waals surface area contributed by atoms with Crippen LogP contribution in [0.1, 0.15) is 40.7 Å². The quantitative estimate of drug-likeness (QED) is 0.532. The van der Waals surface area contributed by atoms with Gasteiger partial charge in [-0.2, -0.15) is 0 Å². The lowest BCUT2D eigenvalue weighted by molar-refractivity contribution is -0.126. The zero-order valence-corrected chi connectivity index (χ0v) is 20.3. The Balaban J connectivity index is 1.09. The van der Waals surface area contributed by atoms with E-state index >= 15 is 0 Å². The number of halogens is 1. The second kappa shape index (κ2) is 11.1. The van der Waals surface area contributed by atoms with Gasteiger partial charge < -0.3 is 5.32 Å². The van der Waals surface area contributed by atoms with E-state index in [9.17, 15) is 9.18 Å². The third kappa shape index (κ3) is 6.16. The Morgan fingerprint density at radius 3 is 2.43 bits per heavy atom. The first-order valence-electron chi connectivity index (χ1n) is 12.7. The smallest absolute Gasteiger partial charge is 0.224 e. The summed E-state index contributed by atoms with van der Waals surface area (Å²) in [5, 5.41) is 3.13. The van der Waals surface area contributed by atoms with Gasteiger partial charge in [0.05, 0.1) is 5.92 Å². The van der Waals surface area contributed by atoms with E-state index in [1.165, 1.54) is 22.8 Å². The van der Waals surface area contributed by atoms with E-state index < -0.39 is 0 Å². The van der Waals surface area contributed by atoms with E-state index in [1.54, 1.807) is 6.07 Å². The molecule has 35 heavy (non-hydrogen) atoms. The number of amides is 1. The van der Waals surface area contributed by atoms with Gasteiger partial charge in [-0.3, -0.25) is 14.6 Å². The van der Waals surface area contributed by atoms with Gasteiger partial charge in [-0.05, 0) is 54.1 Å². The Kier molecular flexibility index (Phi) is 7.55. The van der Waals surface area contributed by atoms with Crippen molar-refractivity contribution >= 4 is 5.91 Å². The van der Waals surface area contributed by atoms with Crippen molar-refractivity contribution in [3.05, 3.63) is 106 Å². The number of hydrogen-bond acceptors (Lipinski definition) is 3. The van der Waals surface area contributed by atoms with E-state index in [-0.39, 0.29) is 17.6 Å². The minimum Gasteiger partial charge on any atom is -0.352 e. The van der Waals surface area contributed by atoms with Gasteiger partial charge in [-0.15, -0.1) is 0 Å². The fourth-order valence-corrected chi connectivity index (χ4v) is 5.32. The van der Waals surface area contributed by atoms with Crippen molar-refractivity contribution in [1.29, 1.82) is 0 Å². The molecule has 1 atom stereocenters. The summed E-state index contributed by atoms with van der Waals surface area (Å²) in [6.45, 7) is 5.72. The molecule has 0 bridgehead atoms. The molecule has 2 aliphatic heterocycles. The molecule has 4 nitrogen and oxygen atoms in total. The number of nitrogens with one attached hydrogen (secondary N) is 1. The molecule has 1 amide bonds. The average molecular weight is 472 g/mol. The number of carbonyl (C=O) groups is 1. The molecular formula is C30H34FN3O. The second-order valence-electron chi connectivity index (χ2n) is 9.93. The van der Waals surface area contributed by atoms with Gasteiger partial charge in [-0.1, -0.05) is 66.7 Å². The number of rotatable bonds is 7. The minimum absolute atomic E-state index is 0.0447. The average Bonchev–Trinajstić information content (AvgIpc) is 2.89. The first-order chi connectivity index (χ1) is 17.1. The zero-order valence-electron chi connectivity index (χ0n) is 20.3. The summed E-state index contributed by atoms with van der Waals surface area (Å²) < 4.78 is 14.0. The minimum atomic E-state index is -0.173. The zero-order chi connectivity index (χ0) is 24.0. The SMILES string of the molecule is O=C(NCc1ccc(CN2CCc3ccccc3C2)cc1)C1CCCN(Cc2ccccc2F)C1. The van der Waals surface area contributed by atoms with Crippen LogP contribution in [-0.4, -0.2) is 35.3 Å². The summed E-state index contributed by atoms with van der Waals surface area (Å²) in [6, 6.07) is 24.2. The van der Waals surface area contributed by atoms with E-state index in [4.69, 9.17) is 0 Å². The van der Waals surface area contributed by atoms with Crippen LogP contribution in [-0.2, 0) is 37.4 Å². The standard InChI is InChI=1S/C30H34FN3O/c31-29-10-4-3-8-27(29)21-33-16-5-9-28(22-33)30(35)32-18-23-11-13-24(14-12-23)19-34-17-15-25-6-1-2-7-26(25)20-34/h1-4,6-8,10-14,28H,5,9,15-22H2,(H,32,35). The highest BCUT2D eigenvalue weighted by Crippen LogP contribution is 2.22. The summed E-state index contributed by atoms with van der Waals surface area (Å²) in [7, 11) is 0. The summed E-state index contributed by atoms with van der Waals surface area (Å²) in [6.07, 6.45) is 2.96. The van der Waals surface area contributed by atoms with Gasteiger partial charge in [0.25, 0.3) is 0 Å². The van der Waals surface area contributed by atoms with Crippen LogP contribution in [0, 0.1) is 11.7 Å². The molecule has 5 rings (SSSR count). The first kappa shape index (κ1) is 23.7. The van der Waals surface area contributed by atoms with Crippen molar-refractivity contribution in [3.63, 3.8) is 0 Å². The maximum Gasteiger partial charge on any atom is 0.224 e. The van der Waals surface area contributed by atoms with Gasteiger partial charge in [0.1, 0.15) is 5.82 Å². The molecule has 1 fully saturated rings. The molecule has 5 heteroatoms. The highest BCUT2D eigenvalue weighted by atomic mass is 19.1. The molecule has 0 aromatic heterocycles. The molecule has 1 saturated heterocycles. The lowest BCUT2D eigenvalue weighted by Crippen LogP contribution is -2.42. The Bertz CT molecular complexity index is 1150. The highest BCUT2D eigenvalue weighted by molar-refractivity contribution is 5.79. The van der Waals surface area contributed by atoms with Crippen LogP contribution in [0.5, 0.6) is 0 Å². The Hall–Kier alpha value is -3.02. The van der Waals surface area contributed by atoms with E-state index in [1.807, 2.05) is 12.1 Å². The molecule has 0 aliphatic carbocycles. The molecule has 0 spiro atoms. The van der Waals surface area contributed by atoms with E-state index in [0.29, 0.717) is 25.2 Å². The Morgan fingerprint density at radius 2 is 1.60 bits per heavy atom. The van der Waals surface area contributed by atoms with Crippen molar-refractivity contribution in [2.75, 3.05) is 19.6 Å². The van der Waals surface area contributed by atoms with Crippen molar-refractivity contribution in [2.45, 2.75) is 45.4 Å². The third-order valence-electron chi connectivity index (χ3n) is 7.33. The molecule has 1 unspecified atom stereocenters. The van der Waals surface area contributed by atoms with Gasteiger partial charge >= 0.3 is 0 Å². The van der Waals surface area contributed by atoms with Crippen LogP contribution < -0.4 is 5.32 Å². The third-order valence-corrected chi connectivity index (χ3v) is 7.33. The topological polar surface area (TPSA) is 35.6 Å². The molecule has 0 saturated carbocycles. The predicted molar refractivity (Wildman–Crippen MR) is 137 cm³/mol. The summed E-state index contributed by atoms with van der Waals surface area (Å²) in [4.78, 5) is 17.5. The number of likely N-dealkylation sites (tertiary alicyclic amines) is 1. The molecule has 2 heterocycles. The molecular weight excluding hydrogens is 437 g/mol. The maximum absolute atomic E-state index is 14.0. The molecule has 1 N–H and O–H groups in total. The van der Waals surface area contributed by atoms with Gasteiger partial charge in [0, 0.05) is 44.8 Å². The van der Waals surface area contributed by atoms with Crippen molar-refractivity contribution in [3.8, 4) is 0 Å². The molecule has 182 valence electrons. The van der Waals surface area contributed by atoms with Crippen LogP contribution >= 0.6 is 0 Å². The van der Waals surface area contributed by atoms with E-state index in [0.717, 1.165) is 51.0 Å². The molecule has 3 aromatic carbocycles. The summed E-state index contributed by atoms with van der Waals surface area (Å²) >= 11 is 0. The lowest BCUT2D eigenvalue weighted by atomic mass is 9.96. The highest BCUT2D eigenvalue weighted by Gasteiger charge is 2.26. The second-order valence-corrected chi connectivity index (χ2v) is 9.93. The molecule has 3 aromatic rings. The van der Waals surface area contributed by atoms with Crippen molar-refractivity contribution in [2.24, 2.45) is 5.92 Å². The monoisotopic (exact) mass is 471 g/mol. The van der Waals surface area contributed by atoms with Crippen LogP contribution in [0.25, 0.3) is 0 Å². The summed E-state index contributed by atoms with van der Waals surface area (Å²) in [5.41, 5.74) is 6.03. The fourth-order valence-electron chi connectivity index (χ4n) is 5.32. The van der Waals surface area contributed by atoms with Crippen LogP contribution in [0.15, 0.2) is 72.8 Å². The lowest BCUT2D eigenvalue weighted by Gasteiger charge is -2.32. The predicted octanol–water partition coefficient (Wildman–Crippen LogP) is 4.91. The normalized spacial score (nSPS) is 18.7. The van der Waals surface area contributed by atoms with Crippen LogP contribution in [0.2, 0.25) is 0 Å². The fraction of sp³-hybridized carbons (Fsp3) is 0.367.